The third-order valence-corrected chi connectivity index (χ3v) is 15.0. The largest absolute Gasteiger partial charge is 0.505 e. The van der Waals surface area contributed by atoms with Crippen LogP contribution in [0.1, 0.15) is 11.1 Å². The van der Waals surface area contributed by atoms with Crippen molar-refractivity contribution in [2.24, 2.45) is 0 Å². The number of benzene rings is 6. The number of carbonyl (C=O) groups excluding carboxylic acids is 1. The maximum atomic E-state index is 14.0. The van der Waals surface area contributed by atoms with Crippen LogP contribution in [0, 0.1) is 13.8 Å². The summed E-state index contributed by atoms with van der Waals surface area (Å²) < 4.78 is 126. The van der Waals surface area contributed by atoms with Gasteiger partial charge in [-0.1, -0.05) is 36.4 Å². The second-order valence-electron chi connectivity index (χ2n) is 12.8. The first-order chi connectivity index (χ1) is 26.2. The number of rotatable bonds is 6. The van der Waals surface area contributed by atoms with Crippen molar-refractivity contribution in [3.8, 4) is 11.5 Å². The first kappa shape index (κ1) is 37.0. The molecule has 6 aromatic carbocycles. The van der Waals surface area contributed by atoms with Gasteiger partial charge >= 0.3 is 6.03 Å². The predicted molar refractivity (Wildman–Crippen MR) is 205 cm³/mol. The summed E-state index contributed by atoms with van der Waals surface area (Å²) in [4.78, 5) is 11.4. The van der Waals surface area contributed by atoms with Crippen LogP contribution in [-0.4, -0.2) is 59.0 Å². The molecule has 0 aromatic heterocycles. The van der Waals surface area contributed by atoms with Gasteiger partial charge in [0, 0.05) is 10.8 Å². The van der Waals surface area contributed by atoms with E-state index in [1.807, 2.05) is 0 Å². The minimum Gasteiger partial charge on any atom is -0.505 e. The van der Waals surface area contributed by atoms with Crippen LogP contribution in [0.4, 0.5) is 38.9 Å². The Hall–Kier alpha value is -5.97. The highest BCUT2D eigenvalue weighted by Gasteiger charge is 2.42. The third-order valence-electron chi connectivity index (χ3n) is 9.66. The highest BCUT2D eigenvalue weighted by molar-refractivity contribution is 7.94. The molecule has 17 nitrogen and oxygen atoms in total. The van der Waals surface area contributed by atoms with Gasteiger partial charge in [-0.15, -0.1) is 0 Å². The van der Waals surface area contributed by atoms with Gasteiger partial charge in [0.25, 0.3) is 40.3 Å². The van der Waals surface area contributed by atoms with Crippen molar-refractivity contribution in [2.75, 3.05) is 19.2 Å². The maximum absolute atomic E-state index is 14.0. The Labute approximate surface area is 318 Å². The normalized spacial score (nSPS) is 15.4. The van der Waals surface area contributed by atoms with Crippen LogP contribution >= 0.6 is 0 Å². The van der Waals surface area contributed by atoms with Crippen molar-refractivity contribution in [3.05, 3.63) is 96.1 Å². The first-order valence-corrected chi connectivity index (χ1v) is 21.8. The molecule has 0 radical (unpaired) electrons. The van der Waals surface area contributed by atoms with E-state index in [9.17, 15) is 57.8 Å². The van der Waals surface area contributed by atoms with E-state index in [0.29, 0.717) is 0 Å². The molecule has 4 heterocycles. The van der Waals surface area contributed by atoms with Gasteiger partial charge in [-0.3, -0.25) is 9.11 Å². The molecule has 288 valence electrons. The minimum atomic E-state index is -4.84. The van der Waals surface area contributed by atoms with Crippen molar-refractivity contribution in [3.63, 3.8) is 0 Å². The monoisotopic (exact) mass is 838 g/mol. The molecule has 0 unspecified atom stereocenters. The van der Waals surface area contributed by atoms with Crippen molar-refractivity contribution >= 4 is 102 Å². The summed E-state index contributed by atoms with van der Waals surface area (Å²) in [5, 5.41) is 27.2. The quantitative estimate of drug-likeness (QED) is 0.108. The zero-order chi connectivity index (χ0) is 40.4. The molecular weight excluding hydrogens is 813 g/mol. The molecule has 4 aliphatic heterocycles. The standard InChI is InChI=1S/C35H26N4O13S4/c1-17-21-13-15-27(53(43,44)38(21)23-11-9-19-5-3-7-25(55(47,48)49)29(19)33(23)40)31(17)36-35(42)37-32-18(2)22-14-16-28(32)54(45,46)39(22)24-12-10-20-6-4-8-26(56(50,51)52)30(20)34(24)41/h3-16,40-41H,1-2H3,(H2,36,37,42)(H,47,48,49)(H,50,51,52). The molecular formula is C35H26N4O13S4. The second kappa shape index (κ2) is 12.0. The number of hydrogen-bond acceptors (Lipinski definition) is 11. The number of urea groups is 1. The number of nitrogens with one attached hydrogen (secondary N) is 2. The van der Waals surface area contributed by atoms with Crippen LogP contribution < -0.4 is 19.2 Å². The molecule has 0 atom stereocenters. The zero-order valence-electron chi connectivity index (χ0n) is 28.6. The van der Waals surface area contributed by atoms with Crippen LogP contribution in [0.5, 0.6) is 11.5 Å². The van der Waals surface area contributed by atoms with E-state index in [-0.39, 0.29) is 66.8 Å². The van der Waals surface area contributed by atoms with E-state index in [1.54, 1.807) is 0 Å². The van der Waals surface area contributed by atoms with Gasteiger partial charge in [0.2, 0.25) is 0 Å². The summed E-state index contributed by atoms with van der Waals surface area (Å²) >= 11 is 0. The minimum absolute atomic E-state index is 0.0279. The summed E-state index contributed by atoms with van der Waals surface area (Å²) in [6, 6.07) is 17.1. The Bertz CT molecular complexity index is 3050. The SMILES string of the molecule is Cc1c2ccc(c1NC(=O)Nc1c3ccc(c1C)N(c1ccc4cccc(S(=O)(=O)O)c4c1O)S3(=O)=O)S(=O)(=O)N2c1ccc2cccc(S(=O)(=O)O)c2c1O. The number of aromatic hydroxyl groups is 2. The van der Waals surface area contributed by atoms with Crippen LogP contribution in [0.25, 0.3) is 21.5 Å². The lowest BCUT2D eigenvalue weighted by atomic mass is 10.1. The molecule has 21 heteroatoms. The molecule has 0 spiro atoms. The fourth-order valence-electron chi connectivity index (χ4n) is 7.15. The average Bonchev–Trinajstić information content (AvgIpc) is 3.11. The van der Waals surface area contributed by atoms with E-state index >= 15 is 0 Å². The molecule has 0 fully saturated rings. The fraction of sp³-hybridized carbons (Fsp3) is 0.0571. The van der Waals surface area contributed by atoms with Crippen LogP contribution in [-0.2, 0) is 40.3 Å². The molecule has 4 bridgehead atoms. The predicted octanol–water partition coefficient (Wildman–Crippen LogP) is 5.84. The van der Waals surface area contributed by atoms with Crippen molar-refractivity contribution in [1.29, 1.82) is 0 Å². The van der Waals surface area contributed by atoms with Crippen molar-refractivity contribution in [1.82, 2.24) is 0 Å². The molecule has 0 saturated carbocycles. The summed E-state index contributed by atoms with van der Waals surface area (Å²) in [6.45, 7) is 2.95. The number of fused-ring (bicyclic) bond motifs is 8. The number of nitrogens with zero attached hydrogens (tertiary/aromatic N) is 2. The van der Waals surface area contributed by atoms with Gasteiger partial charge in [-0.2, -0.15) is 16.8 Å². The molecule has 10 rings (SSSR count). The summed E-state index contributed by atoms with van der Waals surface area (Å²) in [5.74, 6) is -1.51. The molecule has 2 amide bonds. The van der Waals surface area contributed by atoms with E-state index in [1.165, 1.54) is 86.6 Å². The van der Waals surface area contributed by atoms with Crippen LogP contribution in [0.15, 0.2) is 105 Å². The second-order valence-corrected chi connectivity index (χ2v) is 19.1. The maximum Gasteiger partial charge on any atom is 0.323 e. The van der Waals surface area contributed by atoms with Crippen LogP contribution in [0.3, 0.4) is 0 Å². The molecule has 0 saturated heterocycles. The number of phenolic OH excluding ortho intramolecular Hbond substituents is 2. The molecule has 6 aromatic rings. The van der Waals surface area contributed by atoms with E-state index < -0.39 is 77.4 Å². The van der Waals surface area contributed by atoms with Crippen molar-refractivity contribution < 1.29 is 57.8 Å². The third kappa shape index (κ3) is 5.27. The van der Waals surface area contributed by atoms with E-state index in [4.69, 9.17) is 0 Å². The van der Waals surface area contributed by atoms with Gasteiger partial charge in [-0.25, -0.2) is 30.2 Å². The molecule has 6 N–H and O–H groups in total. The Morgan fingerprint density at radius 3 is 1.27 bits per heavy atom. The number of anilines is 6. The Morgan fingerprint density at radius 1 is 0.554 bits per heavy atom. The summed E-state index contributed by atoms with van der Waals surface area (Å²) in [5.41, 5.74) is -0.696. The Balaban J connectivity index is 1.15. The van der Waals surface area contributed by atoms with Gasteiger partial charge in [-0.05, 0) is 84.3 Å². The number of carbonyl (C=O) groups is 1. The van der Waals surface area contributed by atoms with Crippen molar-refractivity contribution in [2.45, 2.75) is 33.4 Å². The molecule has 4 aliphatic rings. The smallest absolute Gasteiger partial charge is 0.323 e. The molecule has 0 aliphatic carbocycles. The zero-order valence-corrected chi connectivity index (χ0v) is 31.8. The van der Waals surface area contributed by atoms with E-state index in [0.717, 1.165) is 20.7 Å². The number of amides is 2. The Morgan fingerprint density at radius 2 is 0.911 bits per heavy atom. The molecule has 56 heavy (non-hydrogen) atoms. The summed E-state index contributed by atoms with van der Waals surface area (Å²) in [6.07, 6.45) is 0. The lowest BCUT2D eigenvalue weighted by Crippen LogP contribution is -2.35. The van der Waals surface area contributed by atoms with Gasteiger partial charge < -0.3 is 20.8 Å². The van der Waals surface area contributed by atoms with Gasteiger partial charge in [0.1, 0.15) is 31.1 Å². The highest BCUT2D eigenvalue weighted by atomic mass is 32.2. The fourth-order valence-corrected chi connectivity index (χ4v) is 12.1. The topological polar surface area (TPSA) is 265 Å². The lowest BCUT2D eigenvalue weighted by Gasteiger charge is -2.35. The van der Waals surface area contributed by atoms with Gasteiger partial charge in [0.05, 0.1) is 34.1 Å². The lowest BCUT2D eigenvalue weighted by molar-refractivity contribution is 0.262. The number of hydrogen-bond donors (Lipinski definition) is 6. The van der Waals surface area contributed by atoms with Gasteiger partial charge in [0.15, 0.2) is 0 Å². The number of sulfonamides is 2. The average molecular weight is 839 g/mol. The summed E-state index contributed by atoms with van der Waals surface area (Å²) in [7, 11) is -18.8. The first-order valence-electron chi connectivity index (χ1n) is 16.1. The highest BCUT2D eigenvalue weighted by Crippen LogP contribution is 2.52. The van der Waals surface area contributed by atoms with Crippen LogP contribution in [0.2, 0.25) is 0 Å². The Kier molecular flexibility index (Phi) is 7.93. The number of phenols is 2. The van der Waals surface area contributed by atoms with E-state index in [2.05, 4.69) is 10.6 Å².